The average molecular weight is 231 g/mol. The molecule has 3 rings (SSSR count). The van der Waals surface area contributed by atoms with Crippen LogP contribution >= 0.6 is 11.9 Å². The number of hydrogen-bond acceptors (Lipinski definition) is 3. The molecule has 0 unspecified atom stereocenters. The van der Waals surface area contributed by atoms with Gasteiger partial charge in [-0.25, -0.2) is 0 Å². The smallest absolute Gasteiger partial charge is 0.118 e. The van der Waals surface area contributed by atoms with Crippen LogP contribution in [-0.2, 0) is 0 Å². The van der Waals surface area contributed by atoms with E-state index in [2.05, 4.69) is 52.6 Å². The number of nitrogens with one attached hydrogen (secondary N) is 1. The van der Waals surface area contributed by atoms with Gasteiger partial charge in [0, 0.05) is 17.0 Å². The molecule has 3 nitrogen and oxygen atoms in total. The second kappa shape index (κ2) is 3.56. The minimum atomic E-state index is 0.979. The van der Waals surface area contributed by atoms with Crippen molar-refractivity contribution in [3.05, 3.63) is 30.0 Å². The van der Waals surface area contributed by atoms with Crippen LogP contribution in [0.5, 0.6) is 0 Å². The Kier molecular flexibility index (Phi) is 2.17. The summed E-state index contributed by atoms with van der Waals surface area (Å²) in [4.78, 5) is 1.28. The Labute approximate surface area is 99.0 Å². The van der Waals surface area contributed by atoms with E-state index >= 15 is 0 Å². The second-order valence-electron chi connectivity index (χ2n) is 3.83. The van der Waals surface area contributed by atoms with Crippen LogP contribution in [0.1, 0.15) is 12.6 Å². The SMILES string of the molecule is CCN1Sc2ccccc2-c2n[nH]c(C)c21. The number of nitrogens with zero attached hydrogens (tertiary/aromatic N) is 2. The number of rotatable bonds is 1. The van der Waals surface area contributed by atoms with E-state index in [1.54, 1.807) is 11.9 Å². The Bertz CT molecular complexity index is 533. The first-order valence-corrected chi connectivity index (χ1v) is 6.18. The number of benzene rings is 1. The molecular weight excluding hydrogens is 218 g/mol. The Morgan fingerprint density at radius 3 is 3.00 bits per heavy atom. The fraction of sp³-hybridized carbons (Fsp3) is 0.250. The molecule has 0 fully saturated rings. The van der Waals surface area contributed by atoms with Gasteiger partial charge in [0.05, 0.1) is 11.4 Å². The predicted molar refractivity (Wildman–Crippen MR) is 67.6 cm³/mol. The van der Waals surface area contributed by atoms with E-state index in [1.807, 2.05) is 0 Å². The van der Waals surface area contributed by atoms with Crippen molar-refractivity contribution >= 4 is 17.6 Å². The van der Waals surface area contributed by atoms with E-state index in [1.165, 1.54) is 16.1 Å². The van der Waals surface area contributed by atoms with Crippen molar-refractivity contribution in [1.82, 2.24) is 10.2 Å². The van der Waals surface area contributed by atoms with E-state index in [9.17, 15) is 0 Å². The third kappa shape index (κ3) is 1.26. The van der Waals surface area contributed by atoms with E-state index < -0.39 is 0 Å². The first-order valence-electron chi connectivity index (χ1n) is 5.41. The first kappa shape index (κ1) is 9.78. The Hall–Kier alpha value is -1.42. The predicted octanol–water partition coefficient (Wildman–Crippen LogP) is 3.23. The monoisotopic (exact) mass is 231 g/mol. The molecule has 0 amide bonds. The maximum atomic E-state index is 4.42. The van der Waals surface area contributed by atoms with Gasteiger partial charge in [-0.2, -0.15) is 5.10 Å². The maximum Gasteiger partial charge on any atom is 0.118 e. The number of aromatic nitrogens is 2. The highest BCUT2D eigenvalue weighted by Gasteiger charge is 2.25. The van der Waals surface area contributed by atoms with Gasteiger partial charge in [0.2, 0.25) is 0 Å². The van der Waals surface area contributed by atoms with Gasteiger partial charge in [-0.15, -0.1) is 0 Å². The number of aryl methyl sites for hydroxylation is 1. The molecule has 0 aliphatic carbocycles. The molecule has 1 aliphatic rings. The molecule has 1 aromatic carbocycles. The minimum Gasteiger partial charge on any atom is -0.309 e. The normalized spacial score (nSPS) is 13.5. The molecule has 0 atom stereocenters. The highest BCUT2D eigenvalue weighted by atomic mass is 32.2. The van der Waals surface area contributed by atoms with Gasteiger partial charge in [0.25, 0.3) is 0 Å². The molecule has 0 saturated heterocycles. The fourth-order valence-electron chi connectivity index (χ4n) is 2.05. The minimum absolute atomic E-state index is 0.979. The number of aromatic amines is 1. The van der Waals surface area contributed by atoms with Gasteiger partial charge in [-0.1, -0.05) is 18.2 Å². The van der Waals surface area contributed by atoms with Crippen molar-refractivity contribution < 1.29 is 0 Å². The third-order valence-corrected chi connectivity index (χ3v) is 4.02. The molecule has 0 bridgehead atoms. The summed E-state index contributed by atoms with van der Waals surface area (Å²) in [5.41, 5.74) is 4.68. The van der Waals surface area contributed by atoms with Crippen LogP contribution in [0.15, 0.2) is 29.2 Å². The summed E-state index contributed by atoms with van der Waals surface area (Å²) in [6.07, 6.45) is 0. The van der Waals surface area contributed by atoms with Crippen LogP contribution in [0.2, 0.25) is 0 Å². The van der Waals surface area contributed by atoms with Crippen molar-refractivity contribution in [3.63, 3.8) is 0 Å². The molecule has 4 heteroatoms. The summed E-state index contributed by atoms with van der Waals surface area (Å²) >= 11 is 1.79. The standard InChI is InChI=1S/C12H13N3S/c1-3-15-12-8(2)13-14-11(12)9-6-4-5-7-10(9)16-15/h4-7H,3H2,1-2H3,(H,13,14). The van der Waals surface area contributed by atoms with Gasteiger partial charge < -0.3 is 4.31 Å². The fourth-order valence-corrected chi connectivity index (χ4v) is 3.13. The lowest BCUT2D eigenvalue weighted by Gasteiger charge is -2.27. The zero-order valence-corrected chi connectivity index (χ0v) is 10.1. The molecule has 2 aromatic rings. The summed E-state index contributed by atoms with van der Waals surface area (Å²) in [5, 5.41) is 7.50. The van der Waals surface area contributed by atoms with Crippen LogP contribution in [0.25, 0.3) is 11.3 Å². The lowest BCUT2D eigenvalue weighted by molar-refractivity contribution is 1.05. The van der Waals surface area contributed by atoms with E-state index in [0.29, 0.717) is 0 Å². The van der Waals surface area contributed by atoms with Crippen molar-refractivity contribution in [2.75, 3.05) is 10.8 Å². The summed E-state index contributed by atoms with van der Waals surface area (Å²) < 4.78 is 2.29. The lowest BCUT2D eigenvalue weighted by Crippen LogP contribution is -2.17. The highest BCUT2D eigenvalue weighted by molar-refractivity contribution is 8.01. The topological polar surface area (TPSA) is 31.9 Å². The van der Waals surface area contributed by atoms with Crippen LogP contribution in [0, 0.1) is 6.92 Å². The van der Waals surface area contributed by atoms with Crippen LogP contribution in [0.3, 0.4) is 0 Å². The van der Waals surface area contributed by atoms with Gasteiger partial charge in [-0.3, -0.25) is 5.10 Å². The van der Waals surface area contributed by atoms with E-state index in [4.69, 9.17) is 0 Å². The van der Waals surface area contributed by atoms with Crippen molar-refractivity contribution in [2.24, 2.45) is 0 Å². The quantitative estimate of drug-likeness (QED) is 0.765. The van der Waals surface area contributed by atoms with Gasteiger partial charge in [0.15, 0.2) is 0 Å². The van der Waals surface area contributed by atoms with Gasteiger partial charge in [-0.05, 0) is 31.9 Å². The van der Waals surface area contributed by atoms with Gasteiger partial charge >= 0.3 is 0 Å². The molecule has 0 radical (unpaired) electrons. The highest BCUT2D eigenvalue weighted by Crippen LogP contribution is 2.46. The molecule has 82 valence electrons. The lowest BCUT2D eigenvalue weighted by atomic mass is 10.1. The Morgan fingerprint density at radius 2 is 2.19 bits per heavy atom. The van der Waals surface area contributed by atoms with Crippen LogP contribution < -0.4 is 4.31 Å². The maximum absolute atomic E-state index is 4.42. The third-order valence-electron chi connectivity index (χ3n) is 2.80. The van der Waals surface area contributed by atoms with Crippen molar-refractivity contribution in [1.29, 1.82) is 0 Å². The van der Waals surface area contributed by atoms with E-state index in [0.717, 1.165) is 17.9 Å². The molecule has 1 N–H and O–H groups in total. The Morgan fingerprint density at radius 1 is 1.38 bits per heavy atom. The van der Waals surface area contributed by atoms with E-state index in [-0.39, 0.29) is 0 Å². The average Bonchev–Trinajstić information content (AvgIpc) is 2.71. The molecule has 1 aromatic heterocycles. The number of H-pyrrole nitrogens is 1. The molecule has 1 aliphatic heterocycles. The van der Waals surface area contributed by atoms with Crippen molar-refractivity contribution in [2.45, 2.75) is 18.7 Å². The van der Waals surface area contributed by atoms with Crippen LogP contribution in [-0.4, -0.2) is 16.7 Å². The zero-order chi connectivity index (χ0) is 11.1. The number of fused-ring (bicyclic) bond motifs is 3. The summed E-state index contributed by atoms with van der Waals surface area (Å²) in [7, 11) is 0. The molecule has 0 spiro atoms. The molecule has 16 heavy (non-hydrogen) atoms. The van der Waals surface area contributed by atoms with Crippen LogP contribution in [0.4, 0.5) is 5.69 Å². The number of hydrogen-bond donors (Lipinski definition) is 1. The molecular formula is C12H13N3S. The molecule has 2 heterocycles. The number of anilines is 1. The summed E-state index contributed by atoms with van der Waals surface area (Å²) in [6.45, 7) is 5.21. The summed E-state index contributed by atoms with van der Waals surface area (Å²) in [5.74, 6) is 0. The largest absolute Gasteiger partial charge is 0.309 e. The first-order chi connectivity index (χ1) is 7.81. The Balaban J connectivity index is 2.25. The summed E-state index contributed by atoms with van der Waals surface area (Å²) in [6, 6.07) is 8.42. The zero-order valence-electron chi connectivity index (χ0n) is 9.32. The van der Waals surface area contributed by atoms with Crippen molar-refractivity contribution in [3.8, 4) is 11.3 Å². The molecule has 0 saturated carbocycles. The van der Waals surface area contributed by atoms with Gasteiger partial charge in [0.1, 0.15) is 5.69 Å². The second-order valence-corrected chi connectivity index (χ2v) is 4.89.